The van der Waals surface area contributed by atoms with Gasteiger partial charge in [-0.05, 0) is 29.8 Å². The third kappa shape index (κ3) is 3.85. The van der Waals surface area contributed by atoms with Crippen LogP contribution in [0.4, 0.5) is 0 Å². The molecule has 0 aliphatic rings. The summed E-state index contributed by atoms with van der Waals surface area (Å²) in [6, 6.07) is 13.4. The molecule has 144 valence electrons. The number of nitrogens with zero attached hydrogens (tertiary/aromatic N) is 2. The SMILES string of the molecule is CNC(=O)c1ccc(CN(C)C(=O)Cn2[nH]c(=O)c3ccccc3c2=O)cc1. The molecule has 8 heteroatoms. The fourth-order valence-electron chi connectivity index (χ4n) is 2.88. The first kappa shape index (κ1) is 19.1. The largest absolute Gasteiger partial charge is 0.355 e. The van der Waals surface area contributed by atoms with Gasteiger partial charge < -0.3 is 10.2 Å². The molecule has 28 heavy (non-hydrogen) atoms. The predicted molar refractivity (Wildman–Crippen MR) is 105 cm³/mol. The minimum atomic E-state index is -0.424. The molecule has 0 spiro atoms. The lowest BCUT2D eigenvalue weighted by Crippen LogP contribution is -2.37. The van der Waals surface area contributed by atoms with Crippen LogP contribution in [0.1, 0.15) is 15.9 Å². The van der Waals surface area contributed by atoms with Gasteiger partial charge in [-0.2, -0.15) is 0 Å². The van der Waals surface area contributed by atoms with E-state index in [2.05, 4.69) is 10.4 Å². The second-order valence-electron chi connectivity index (χ2n) is 6.40. The highest BCUT2D eigenvalue weighted by Crippen LogP contribution is 2.08. The maximum atomic E-state index is 12.5. The Morgan fingerprint density at radius 1 is 1.04 bits per heavy atom. The Balaban J connectivity index is 1.75. The van der Waals surface area contributed by atoms with E-state index in [9.17, 15) is 19.2 Å². The molecule has 0 radical (unpaired) electrons. The second-order valence-corrected chi connectivity index (χ2v) is 6.40. The number of likely N-dealkylation sites (N-methyl/N-ethyl adjacent to an activating group) is 1. The Labute approximate surface area is 160 Å². The van der Waals surface area contributed by atoms with E-state index in [1.165, 1.54) is 4.90 Å². The maximum absolute atomic E-state index is 12.5. The molecule has 0 aliphatic carbocycles. The van der Waals surface area contributed by atoms with Crippen molar-refractivity contribution < 1.29 is 9.59 Å². The van der Waals surface area contributed by atoms with Crippen molar-refractivity contribution in [1.82, 2.24) is 20.0 Å². The zero-order valence-corrected chi connectivity index (χ0v) is 15.6. The summed E-state index contributed by atoms with van der Waals surface area (Å²) in [5.74, 6) is -0.515. The average molecular weight is 380 g/mol. The first-order valence-electron chi connectivity index (χ1n) is 8.67. The van der Waals surface area contributed by atoms with Crippen LogP contribution in [0.15, 0.2) is 58.1 Å². The summed E-state index contributed by atoms with van der Waals surface area (Å²) in [4.78, 5) is 50.2. The molecule has 1 heterocycles. The molecule has 2 aromatic carbocycles. The Kier molecular flexibility index (Phi) is 5.39. The third-order valence-electron chi connectivity index (χ3n) is 4.47. The molecule has 1 aromatic heterocycles. The zero-order valence-electron chi connectivity index (χ0n) is 15.6. The van der Waals surface area contributed by atoms with E-state index in [4.69, 9.17) is 0 Å². The average Bonchev–Trinajstić information content (AvgIpc) is 2.71. The summed E-state index contributed by atoms with van der Waals surface area (Å²) in [5.41, 5.74) is 0.519. The number of aromatic nitrogens is 2. The van der Waals surface area contributed by atoms with Gasteiger partial charge in [-0.3, -0.25) is 24.3 Å². The summed E-state index contributed by atoms with van der Waals surface area (Å²) in [6.07, 6.45) is 0. The van der Waals surface area contributed by atoms with Crippen molar-refractivity contribution in [2.24, 2.45) is 0 Å². The van der Waals surface area contributed by atoms with Crippen molar-refractivity contribution in [3.63, 3.8) is 0 Å². The van der Waals surface area contributed by atoms with Crippen LogP contribution in [0.3, 0.4) is 0 Å². The van der Waals surface area contributed by atoms with Gasteiger partial charge in [-0.25, -0.2) is 4.68 Å². The molecule has 2 amide bonds. The van der Waals surface area contributed by atoms with Gasteiger partial charge in [0.2, 0.25) is 5.91 Å². The summed E-state index contributed by atoms with van der Waals surface area (Å²) in [6.45, 7) is 0.0329. The molecular formula is C20H20N4O4. The molecule has 0 unspecified atom stereocenters. The van der Waals surface area contributed by atoms with E-state index in [1.807, 2.05) is 0 Å². The fraction of sp³-hybridized carbons (Fsp3) is 0.200. The van der Waals surface area contributed by atoms with Gasteiger partial charge in [-0.15, -0.1) is 0 Å². The number of hydrogen-bond acceptors (Lipinski definition) is 4. The number of nitrogens with one attached hydrogen (secondary N) is 2. The lowest BCUT2D eigenvalue weighted by Gasteiger charge is -2.18. The Morgan fingerprint density at radius 2 is 1.68 bits per heavy atom. The van der Waals surface area contributed by atoms with Gasteiger partial charge in [0.15, 0.2) is 0 Å². The van der Waals surface area contributed by atoms with Crippen LogP contribution < -0.4 is 16.4 Å². The Hall–Kier alpha value is -3.68. The normalized spacial score (nSPS) is 10.6. The highest BCUT2D eigenvalue weighted by molar-refractivity contribution is 5.93. The number of H-pyrrole nitrogens is 1. The van der Waals surface area contributed by atoms with Gasteiger partial charge in [-0.1, -0.05) is 24.3 Å². The lowest BCUT2D eigenvalue weighted by molar-refractivity contribution is -0.131. The lowest BCUT2D eigenvalue weighted by atomic mass is 10.1. The minimum absolute atomic E-state index is 0.185. The Bertz CT molecular complexity index is 1150. The number of amides is 2. The monoisotopic (exact) mass is 380 g/mol. The van der Waals surface area contributed by atoms with Gasteiger partial charge in [0.1, 0.15) is 6.54 Å². The minimum Gasteiger partial charge on any atom is -0.355 e. The first-order chi connectivity index (χ1) is 13.4. The summed E-state index contributed by atoms with van der Waals surface area (Å²) in [7, 11) is 3.17. The first-order valence-corrected chi connectivity index (χ1v) is 8.67. The molecule has 2 N–H and O–H groups in total. The molecular weight excluding hydrogens is 360 g/mol. The van der Waals surface area contributed by atoms with E-state index >= 15 is 0 Å². The van der Waals surface area contributed by atoms with Crippen molar-refractivity contribution in [3.8, 4) is 0 Å². The Morgan fingerprint density at radius 3 is 2.32 bits per heavy atom. The van der Waals surface area contributed by atoms with E-state index < -0.39 is 11.1 Å². The third-order valence-corrected chi connectivity index (χ3v) is 4.47. The smallest absolute Gasteiger partial charge is 0.273 e. The van der Waals surface area contributed by atoms with Crippen molar-refractivity contribution in [1.29, 1.82) is 0 Å². The van der Waals surface area contributed by atoms with Crippen LogP contribution in [0, 0.1) is 0 Å². The van der Waals surface area contributed by atoms with Gasteiger partial charge in [0.25, 0.3) is 17.0 Å². The van der Waals surface area contributed by atoms with Crippen LogP contribution in [-0.4, -0.2) is 40.6 Å². The molecule has 0 atom stereocenters. The molecule has 0 bridgehead atoms. The number of fused-ring (bicyclic) bond motifs is 1. The number of rotatable bonds is 5. The van der Waals surface area contributed by atoms with Crippen molar-refractivity contribution in [2.45, 2.75) is 13.1 Å². The van der Waals surface area contributed by atoms with Crippen molar-refractivity contribution in [3.05, 3.63) is 80.4 Å². The van der Waals surface area contributed by atoms with Crippen molar-refractivity contribution >= 4 is 22.6 Å². The highest BCUT2D eigenvalue weighted by Gasteiger charge is 2.14. The molecule has 0 fully saturated rings. The zero-order chi connectivity index (χ0) is 20.3. The second kappa shape index (κ2) is 7.91. The molecule has 0 saturated carbocycles. The van der Waals surface area contributed by atoms with Crippen LogP contribution in [0.2, 0.25) is 0 Å². The van der Waals surface area contributed by atoms with Crippen LogP contribution >= 0.6 is 0 Å². The summed E-state index contributed by atoms with van der Waals surface area (Å²) in [5, 5.41) is 5.56. The molecule has 0 aliphatic heterocycles. The van der Waals surface area contributed by atoms with Crippen LogP contribution in [-0.2, 0) is 17.9 Å². The topological polar surface area (TPSA) is 104 Å². The number of benzene rings is 2. The van der Waals surface area contributed by atoms with E-state index in [-0.39, 0.29) is 23.7 Å². The van der Waals surface area contributed by atoms with E-state index in [0.29, 0.717) is 17.5 Å². The molecule has 8 nitrogen and oxygen atoms in total. The van der Waals surface area contributed by atoms with Crippen LogP contribution in [0.5, 0.6) is 0 Å². The summed E-state index contributed by atoms with van der Waals surface area (Å²) >= 11 is 0. The van der Waals surface area contributed by atoms with Crippen molar-refractivity contribution in [2.75, 3.05) is 14.1 Å². The number of carbonyl (C=O) groups is 2. The molecule has 0 saturated heterocycles. The molecule has 3 rings (SSSR count). The quantitative estimate of drug-likeness (QED) is 0.680. The maximum Gasteiger partial charge on any atom is 0.273 e. The van der Waals surface area contributed by atoms with Crippen LogP contribution in [0.25, 0.3) is 10.8 Å². The number of carbonyl (C=O) groups excluding carboxylic acids is 2. The van der Waals surface area contributed by atoms with Gasteiger partial charge >= 0.3 is 0 Å². The number of hydrogen-bond donors (Lipinski definition) is 2. The standard InChI is InChI=1S/C20H20N4O4/c1-21-18(26)14-9-7-13(8-10-14)11-23(2)17(25)12-24-20(28)16-6-4-3-5-15(16)19(27)22-24/h3-10H,11-12H2,1-2H3,(H,21,26)(H,22,27). The predicted octanol–water partition coefficient (Wildman–Crippen LogP) is 0.708. The van der Waals surface area contributed by atoms with E-state index in [1.54, 1.807) is 62.6 Å². The highest BCUT2D eigenvalue weighted by atomic mass is 16.2. The summed E-state index contributed by atoms with van der Waals surface area (Å²) < 4.78 is 1.03. The van der Waals surface area contributed by atoms with E-state index in [0.717, 1.165) is 10.2 Å². The molecule has 3 aromatic rings. The number of aromatic amines is 1. The fourth-order valence-corrected chi connectivity index (χ4v) is 2.88. The van der Waals surface area contributed by atoms with Gasteiger partial charge in [0, 0.05) is 26.2 Å². The van der Waals surface area contributed by atoms with Gasteiger partial charge in [0.05, 0.1) is 10.8 Å².